The molecular weight excluding hydrogens is 350 g/mol. The molecule has 0 aliphatic heterocycles. The van der Waals surface area contributed by atoms with E-state index in [0.717, 1.165) is 14.2 Å². The lowest BCUT2D eigenvalue weighted by Gasteiger charge is -2.08. The standard InChI is InChI=1S/C11H6BrCl3S/c12-10-2-1-9(16-10)11(15)6-3-7(13)5-8(14)4-6/h1-5,11H. The molecule has 0 saturated heterocycles. The summed E-state index contributed by atoms with van der Waals surface area (Å²) in [7, 11) is 0. The van der Waals surface area contributed by atoms with Crippen molar-refractivity contribution in [3.8, 4) is 0 Å². The zero-order valence-corrected chi connectivity index (χ0v) is 12.6. The fourth-order valence-corrected chi connectivity index (χ4v) is 3.66. The average molecular weight is 356 g/mol. The largest absolute Gasteiger partial charge is 0.131 e. The predicted molar refractivity (Wildman–Crippen MR) is 76.2 cm³/mol. The van der Waals surface area contributed by atoms with Crippen LogP contribution in [0.2, 0.25) is 10.0 Å². The number of rotatable bonds is 2. The first-order chi connectivity index (χ1) is 7.56. The molecule has 0 aliphatic carbocycles. The monoisotopic (exact) mass is 354 g/mol. The molecule has 84 valence electrons. The minimum atomic E-state index is -0.215. The number of hydrogen-bond donors (Lipinski definition) is 0. The lowest BCUT2D eigenvalue weighted by atomic mass is 10.1. The van der Waals surface area contributed by atoms with Crippen LogP contribution >= 0.6 is 62.1 Å². The van der Waals surface area contributed by atoms with Crippen molar-refractivity contribution in [2.45, 2.75) is 5.38 Å². The third-order valence-corrected chi connectivity index (χ3v) is 4.76. The first kappa shape index (κ1) is 12.7. The normalized spacial score (nSPS) is 12.8. The van der Waals surface area contributed by atoms with Gasteiger partial charge in [-0.05, 0) is 51.8 Å². The molecule has 1 aromatic heterocycles. The van der Waals surface area contributed by atoms with Gasteiger partial charge in [-0.15, -0.1) is 22.9 Å². The summed E-state index contributed by atoms with van der Waals surface area (Å²) in [6.45, 7) is 0. The van der Waals surface area contributed by atoms with Gasteiger partial charge in [-0.2, -0.15) is 0 Å². The number of alkyl halides is 1. The molecule has 0 fully saturated rings. The van der Waals surface area contributed by atoms with Crippen molar-refractivity contribution in [1.82, 2.24) is 0 Å². The molecule has 0 aliphatic rings. The Hall–Kier alpha value is 0.270. The lowest BCUT2D eigenvalue weighted by molar-refractivity contribution is 1.18. The Balaban J connectivity index is 2.37. The third-order valence-electron chi connectivity index (χ3n) is 2.02. The molecule has 0 radical (unpaired) electrons. The summed E-state index contributed by atoms with van der Waals surface area (Å²) < 4.78 is 1.06. The van der Waals surface area contributed by atoms with Crippen molar-refractivity contribution in [1.29, 1.82) is 0 Å². The number of benzene rings is 1. The minimum absolute atomic E-state index is 0.215. The van der Waals surface area contributed by atoms with Gasteiger partial charge in [0.15, 0.2) is 0 Å². The van der Waals surface area contributed by atoms with Gasteiger partial charge in [-0.25, -0.2) is 0 Å². The van der Waals surface area contributed by atoms with Gasteiger partial charge in [0.2, 0.25) is 0 Å². The second kappa shape index (κ2) is 5.28. The summed E-state index contributed by atoms with van der Waals surface area (Å²) in [5, 5.41) is 0.986. The van der Waals surface area contributed by atoms with Crippen LogP contribution in [0, 0.1) is 0 Å². The van der Waals surface area contributed by atoms with Gasteiger partial charge in [0.1, 0.15) is 0 Å². The Morgan fingerprint density at radius 3 is 2.19 bits per heavy atom. The van der Waals surface area contributed by atoms with E-state index >= 15 is 0 Å². The summed E-state index contributed by atoms with van der Waals surface area (Å²) in [6, 6.07) is 9.32. The maximum atomic E-state index is 6.36. The van der Waals surface area contributed by atoms with Crippen molar-refractivity contribution in [2.24, 2.45) is 0 Å². The fraction of sp³-hybridized carbons (Fsp3) is 0.0909. The molecule has 0 amide bonds. The Kier molecular flexibility index (Phi) is 4.20. The second-order valence-electron chi connectivity index (χ2n) is 3.21. The van der Waals surface area contributed by atoms with Crippen molar-refractivity contribution in [3.05, 3.63) is 54.6 Å². The molecule has 16 heavy (non-hydrogen) atoms. The maximum absolute atomic E-state index is 6.36. The topological polar surface area (TPSA) is 0 Å². The van der Waals surface area contributed by atoms with Crippen LogP contribution in [-0.2, 0) is 0 Å². The van der Waals surface area contributed by atoms with Crippen LogP contribution < -0.4 is 0 Å². The summed E-state index contributed by atoms with van der Waals surface area (Å²) >= 11 is 23.2. The summed E-state index contributed by atoms with van der Waals surface area (Å²) in [6.07, 6.45) is 0. The highest BCUT2D eigenvalue weighted by Gasteiger charge is 2.14. The second-order valence-corrected chi connectivity index (χ2v) is 7.01. The van der Waals surface area contributed by atoms with Gasteiger partial charge in [-0.3, -0.25) is 0 Å². The van der Waals surface area contributed by atoms with Gasteiger partial charge in [0.25, 0.3) is 0 Å². The molecule has 2 aromatic rings. The zero-order chi connectivity index (χ0) is 11.7. The van der Waals surface area contributed by atoms with Crippen LogP contribution in [0.15, 0.2) is 34.1 Å². The molecule has 1 aromatic carbocycles. The maximum Gasteiger partial charge on any atom is 0.0929 e. The summed E-state index contributed by atoms with van der Waals surface area (Å²) in [5.74, 6) is 0. The predicted octanol–water partition coefficient (Wildman–Crippen LogP) is 6.15. The number of hydrogen-bond acceptors (Lipinski definition) is 1. The Labute approximate surface area is 121 Å². The average Bonchev–Trinajstić information content (AvgIpc) is 2.62. The van der Waals surface area contributed by atoms with Crippen LogP contribution in [0.4, 0.5) is 0 Å². The molecule has 0 N–H and O–H groups in total. The van der Waals surface area contributed by atoms with E-state index in [1.165, 1.54) is 0 Å². The first-order valence-corrected chi connectivity index (χ1v) is 7.22. The van der Waals surface area contributed by atoms with Gasteiger partial charge >= 0.3 is 0 Å². The molecule has 1 unspecified atom stereocenters. The van der Waals surface area contributed by atoms with Crippen molar-refractivity contribution >= 4 is 62.1 Å². The van der Waals surface area contributed by atoms with Crippen LogP contribution in [0.5, 0.6) is 0 Å². The minimum Gasteiger partial charge on any atom is -0.131 e. The van der Waals surface area contributed by atoms with E-state index in [-0.39, 0.29) is 5.38 Å². The highest BCUT2D eigenvalue weighted by Crippen LogP contribution is 2.37. The number of halogens is 4. The van der Waals surface area contributed by atoms with E-state index < -0.39 is 0 Å². The van der Waals surface area contributed by atoms with Gasteiger partial charge in [-0.1, -0.05) is 23.2 Å². The van der Waals surface area contributed by atoms with Crippen molar-refractivity contribution in [3.63, 3.8) is 0 Å². The molecule has 1 atom stereocenters. The molecule has 5 heteroatoms. The van der Waals surface area contributed by atoms with Crippen LogP contribution in [0.25, 0.3) is 0 Å². The number of thiophene rings is 1. The lowest BCUT2D eigenvalue weighted by Crippen LogP contribution is -1.89. The van der Waals surface area contributed by atoms with Gasteiger partial charge in [0.05, 0.1) is 9.16 Å². The molecular formula is C11H6BrCl3S. The SMILES string of the molecule is Clc1cc(Cl)cc(C(Cl)c2ccc(Br)s2)c1. The van der Waals surface area contributed by atoms with Gasteiger partial charge in [0, 0.05) is 14.9 Å². The summed E-state index contributed by atoms with van der Waals surface area (Å²) in [5.41, 5.74) is 0.911. The van der Waals surface area contributed by atoms with E-state index in [1.807, 2.05) is 24.3 Å². The molecule has 0 bridgehead atoms. The molecule has 2 rings (SSSR count). The van der Waals surface area contributed by atoms with Crippen LogP contribution in [0.3, 0.4) is 0 Å². The van der Waals surface area contributed by atoms with E-state index in [1.54, 1.807) is 17.4 Å². The Morgan fingerprint density at radius 2 is 1.69 bits per heavy atom. The Morgan fingerprint density at radius 1 is 1.06 bits per heavy atom. The quantitative estimate of drug-likeness (QED) is 0.567. The zero-order valence-electron chi connectivity index (χ0n) is 7.88. The van der Waals surface area contributed by atoms with E-state index in [2.05, 4.69) is 15.9 Å². The van der Waals surface area contributed by atoms with Crippen LogP contribution in [-0.4, -0.2) is 0 Å². The van der Waals surface area contributed by atoms with E-state index in [0.29, 0.717) is 10.0 Å². The van der Waals surface area contributed by atoms with Crippen molar-refractivity contribution in [2.75, 3.05) is 0 Å². The molecule has 0 nitrogen and oxygen atoms in total. The van der Waals surface area contributed by atoms with E-state index in [4.69, 9.17) is 34.8 Å². The summed E-state index contributed by atoms with van der Waals surface area (Å²) in [4.78, 5) is 1.06. The highest BCUT2D eigenvalue weighted by atomic mass is 79.9. The van der Waals surface area contributed by atoms with E-state index in [9.17, 15) is 0 Å². The van der Waals surface area contributed by atoms with Gasteiger partial charge < -0.3 is 0 Å². The highest BCUT2D eigenvalue weighted by molar-refractivity contribution is 9.11. The Bertz CT molecular complexity index is 489. The first-order valence-electron chi connectivity index (χ1n) is 4.41. The third kappa shape index (κ3) is 2.93. The molecule has 0 spiro atoms. The molecule has 1 heterocycles. The van der Waals surface area contributed by atoms with Crippen LogP contribution in [0.1, 0.15) is 15.8 Å². The fourth-order valence-electron chi connectivity index (χ4n) is 1.35. The smallest absolute Gasteiger partial charge is 0.0929 e. The van der Waals surface area contributed by atoms with Crippen molar-refractivity contribution < 1.29 is 0 Å². The molecule has 0 saturated carbocycles.